The molecule has 6 aliphatic heterocycles. The molecule has 0 aromatic heterocycles. The van der Waals surface area contributed by atoms with Crippen LogP contribution in [0.2, 0.25) is 0 Å². The van der Waals surface area contributed by atoms with Crippen LogP contribution in [-0.2, 0) is 80.8 Å². The van der Waals surface area contributed by atoms with Gasteiger partial charge in [0, 0.05) is 68.1 Å². The van der Waals surface area contributed by atoms with Crippen molar-refractivity contribution in [1.29, 1.82) is 0 Å². The number of methoxy groups -OCH3 is 1. The Morgan fingerprint density at radius 3 is 2.01 bits per heavy atom. The number of hydrogen-bond acceptors (Lipinski definition) is 24. The summed E-state index contributed by atoms with van der Waals surface area (Å²) >= 11 is 0. The minimum atomic E-state index is -2.20. The summed E-state index contributed by atoms with van der Waals surface area (Å²) in [6.45, 7) is 21.0. The van der Waals surface area contributed by atoms with Crippen LogP contribution in [0, 0.1) is 51.0 Å². The number of ketones is 1. The third-order valence-electron chi connectivity index (χ3n) is 21.7. The van der Waals surface area contributed by atoms with Gasteiger partial charge in [-0.25, -0.2) is 9.59 Å². The lowest BCUT2D eigenvalue weighted by Gasteiger charge is -2.56. The number of allylic oxidation sites excluding steroid dienone is 3. The lowest BCUT2D eigenvalue weighted by atomic mass is 9.49. The first kappa shape index (κ1) is 70.7. The Morgan fingerprint density at radius 2 is 1.35 bits per heavy atom. The van der Waals surface area contributed by atoms with Crippen molar-refractivity contribution in [2.24, 2.45) is 40.9 Å². The second-order valence-electron chi connectivity index (χ2n) is 28.2. The van der Waals surface area contributed by atoms with Crippen LogP contribution in [0.3, 0.4) is 0 Å². The molecule has 93 heavy (non-hydrogen) atoms. The fourth-order valence-electron chi connectivity index (χ4n) is 16.9. The van der Waals surface area contributed by atoms with Crippen LogP contribution in [-0.4, -0.2) is 197 Å². The van der Waals surface area contributed by atoms with E-state index in [2.05, 4.69) is 25.2 Å². The molecule has 5 N–H and O–H groups in total. The number of esters is 2. The van der Waals surface area contributed by atoms with Crippen molar-refractivity contribution in [3.05, 3.63) is 68.5 Å². The van der Waals surface area contributed by atoms with E-state index in [9.17, 15) is 49.7 Å². The van der Waals surface area contributed by atoms with E-state index in [4.69, 9.17) is 61.6 Å². The monoisotopic (exact) mass is 1310 g/mol. The quantitative estimate of drug-likeness (QED) is 0.0240. The van der Waals surface area contributed by atoms with Crippen molar-refractivity contribution in [3.8, 4) is 0 Å². The molecule has 0 aromatic carbocycles. The molecule has 0 radical (unpaired) electrons. The van der Waals surface area contributed by atoms with Gasteiger partial charge in [-0.05, 0) is 109 Å². The molecule has 2 bridgehead atoms. The van der Waals surface area contributed by atoms with Gasteiger partial charge >= 0.3 is 18.0 Å². The molecule has 6 saturated heterocycles. The van der Waals surface area contributed by atoms with Gasteiger partial charge in [0.2, 0.25) is 11.3 Å². The van der Waals surface area contributed by atoms with Crippen LogP contribution >= 0.6 is 0 Å². The van der Waals surface area contributed by atoms with Gasteiger partial charge in [0.25, 0.3) is 0 Å². The lowest BCUT2D eigenvalue weighted by Crippen LogP contribution is -2.65. The fraction of sp³-hybridized carbons (Fsp3) is 0.776. The number of aliphatic hydroxyl groups excluding tert-OH is 4. The molecule has 10 aliphatic rings. The van der Waals surface area contributed by atoms with Crippen LogP contribution in [0.1, 0.15) is 147 Å². The zero-order chi connectivity index (χ0) is 67.5. The van der Waals surface area contributed by atoms with E-state index in [1.165, 1.54) is 19.9 Å². The molecule has 518 valence electrons. The Labute approximate surface area is 542 Å². The number of hydrogen-bond donors (Lipinski definition) is 5. The number of fused-ring (bicyclic) bond motifs is 4. The third kappa shape index (κ3) is 14.0. The molecular formula is C67H96N2O24. The highest BCUT2D eigenvalue weighted by Gasteiger charge is 2.65. The SMILES string of the molecule is COC(=O)N[C@@H]1[C@@H](C)O[C@@H](O[C@H]2CC=C(C)[C@@H]3C=C[C@@H]4[C@@H](O[C@H]5C[C@@H](O[C@@H]6CC[C@@H](O[C@H]7C[C@@H](O)[C@H](O[C@@H]8CC[C@@H](O)[C@H](C)O8)[C@@H](C)O7)[C@H](C)O6)[C@H](OC(C)=O)[C@@H](C)O5)[C@H](C)C[C@H](C)[C@H]4[C@@]3(C)/C(O)=C3\C(=O)O[C@@]4(CC(C=O)=C[C@H](O)[C@H]4C=C2C)C3=O)C[C@]1(C)[N+](=O)[O-]. The van der Waals surface area contributed by atoms with Crippen LogP contribution in [0.15, 0.2) is 58.4 Å². The van der Waals surface area contributed by atoms with Gasteiger partial charge in [-0.15, -0.1) is 0 Å². The molecule has 10 rings (SSSR count). The number of carbonyl (C=O) groups excluding carboxylic acids is 5. The normalized spacial score (nSPS) is 47.0. The Morgan fingerprint density at radius 1 is 0.720 bits per heavy atom. The predicted molar refractivity (Wildman–Crippen MR) is 325 cm³/mol. The summed E-state index contributed by atoms with van der Waals surface area (Å²) in [4.78, 5) is 80.4. The summed E-state index contributed by atoms with van der Waals surface area (Å²) in [5.74, 6) is -6.46. The Kier molecular flexibility index (Phi) is 21.4. The van der Waals surface area contributed by atoms with Gasteiger partial charge < -0.3 is 87.3 Å². The number of nitrogens with zero attached hydrogens (tertiary/aromatic N) is 1. The number of amides is 1. The second kappa shape index (κ2) is 28.2. The minimum absolute atomic E-state index is 0.00196. The zero-order valence-electron chi connectivity index (χ0n) is 55.4. The molecule has 7 fully saturated rings. The van der Waals surface area contributed by atoms with Crippen molar-refractivity contribution in [3.63, 3.8) is 0 Å². The van der Waals surface area contributed by atoms with E-state index < -0.39 is 210 Å². The van der Waals surface area contributed by atoms with Crippen LogP contribution < -0.4 is 5.32 Å². The summed E-state index contributed by atoms with van der Waals surface area (Å²) in [6, 6.07) is -1.12. The van der Waals surface area contributed by atoms with E-state index >= 15 is 4.79 Å². The standard InChI is InChI=1S/C67H96N2O24/c1-30-14-18-47(88-54-28-65(11,69(79)80)60(38(9)86-54)68-64(78)81-13)31(2)23-43-45(73)24-40(29-70)27-67(43)62(76)55(63(77)93-67)61(75)66(12)42(30)16-15-41-56(66)32(3)22-33(4)57(41)92-53-26-49(59(37(8)85-53)87-39(10)71)90-50-21-19-48(35(6)83-50)89-52-25-46(74)58(36(7)84-52)91-51-20-17-44(72)34(5)82-51/h14-16,23-24,29,32-38,41-54,56-60,72-75H,17-22,25-28H2,1-13H3,(H,68,78)/b30-14?,31-23?,61-55+/t32-,33+,34-,35-,36+,37+,38+,41-,42-,43+,44+,45-,46+,47-,48+,49+,50+,51+,52-,53-,54-,56+,57-,58+,59+,60+,65-,66-,67+/m0/s1. The second-order valence-corrected chi connectivity index (χ2v) is 28.2. The maximum Gasteiger partial charge on any atom is 0.407 e. The van der Waals surface area contributed by atoms with E-state index in [1.807, 2.05) is 39.8 Å². The number of aldehydes is 1. The van der Waals surface area contributed by atoms with Gasteiger partial charge in [-0.1, -0.05) is 50.6 Å². The van der Waals surface area contributed by atoms with Crippen LogP contribution in [0.4, 0.5) is 4.79 Å². The molecule has 29 atom stereocenters. The zero-order valence-corrected chi connectivity index (χ0v) is 55.4. The topological polar surface area (TPSA) is 341 Å². The highest BCUT2D eigenvalue weighted by atomic mass is 16.8. The molecule has 1 amide bonds. The van der Waals surface area contributed by atoms with Crippen molar-refractivity contribution in [1.82, 2.24) is 5.32 Å². The number of carbonyl (C=O) groups is 5. The number of Topliss-reactive ketones (excluding diaryl/α,β-unsaturated/α-hetero) is 1. The third-order valence-corrected chi connectivity index (χ3v) is 21.7. The van der Waals surface area contributed by atoms with Crippen molar-refractivity contribution in [2.45, 2.75) is 281 Å². The fourth-order valence-corrected chi connectivity index (χ4v) is 16.9. The first-order valence-electron chi connectivity index (χ1n) is 33.1. The largest absolute Gasteiger partial charge is 0.511 e. The number of rotatable bonds is 14. The van der Waals surface area contributed by atoms with E-state index in [0.29, 0.717) is 49.5 Å². The summed E-state index contributed by atoms with van der Waals surface area (Å²) in [5.41, 5.74) is -4.91. The van der Waals surface area contributed by atoms with Gasteiger partial charge in [0.1, 0.15) is 35.9 Å². The number of alkyl carbamates (subject to hydrolysis) is 1. The molecule has 6 heterocycles. The van der Waals surface area contributed by atoms with Gasteiger partial charge in [0.05, 0.1) is 86.6 Å². The first-order valence-corrected chi connectivity index (χ1v) is 33.1. The molecule has 0 aromatic rings. The average molecular weight is 1310 g/mol. The maximum atomic E-state index is 15.6. The highest BCUT2D eigenvalue weighted by Crippen LogP contribution is 2.61. The Hall–Kier alpha value is -5.07. The molecule has 1 saturated carbocycles. The number of aliphatic hydroxyl groups is 4. The summed E-state index contributed by atoms with van der Waals surface area (Å²) in [5, 5.41) is 62.0. The summed E-state index contributed by atoms with van der Waals surface area (Å²) in [6.07, 6.45) is -4.21. The van der Waals surface area contributed by atoms with Crippen molar-refractivity contribution < 1.29 is 111 Å². The number of nitrogens with one attached hydrogen (secondary N) is 1. The molecule has 26 nitrogen and oxygen atoms in total. The molecule has 1 spiro atoms. The smallest absolute Gasteiger partial charge is 0.407 e. The van der Waals surface area contributed by atoms with Gasteiger partial charge in [-0.3, -0.25) is 24.5 Å². The predicted octanol–water partition coefficient (Wildman–Crippen LogP) is 6.36. The number of ether oxygens (including phenoxy) is 13. The van der Waals surface area contributed by atoms with Crippen molar-refractivity contribution >= 4 is 30.1 Å². The van der Waals surface area contributed by atoms with E-state index in [0.717, 1.165) is 7.11 Å². The highest BCUT2D eigenvalue weighted by molar-refractivity contribution is 6.26. The number of nitro groups is 1. The van der Waals surface area contributed by atoms with Crippen LogP contribution in [0.5, 0.6) is 0 Å². The van der Waals surface area contributed by atoms with E-state index in [1.54, 1.807) is 33.8 Å². The molecular weight excluding hydrogens is 1220 g/mol. The Bertz CT molecular complexity index is 2960. The molecule has 0 unspecified atom stereocenters. The van der Waals surface area contributed by atoms with Crippen LogP contribution in [0.25, 0.3) is 0 Å². The van der Waals surface area contributed by atoms with Crippen molar-refractivity contribution in [2.75, 3.05) is 7.11 Å². The molecule has 26 heteroatoms. The van der Waals surface area contributed by atoms with Gasteiger partial charge in [0.15, 0.2) is 43.2 Å². The Balaban J connectivity index is 0.904. The lowest BCUT2D eigenvalue weighted by molar-refractivity contribution is -0.584. The summed E-state index contributed by atoms with van der Waals surface area (Å²) in [7, 11) is 1.15. The molecule has 4 aliphatic carbocycles. The minimum Gasteiger partial charge on any atom is -0.511 e. The van der Waals surface area contributed by atoms with E-state index in [-0.39, 0.29) is 43.1 Å². The summed E-state index contributed by atoms with van der Waals surface area (Å²) < 4.78 is 81.5. The first-order chi connectivity index (χ1) is 43.9. The maximum absolute atomic E-state index is 15.6. The van der Waals surface area contributed by atoms with Gasteiger partial charge in [-0.2, -0.15) is 0 Å². The average Bonchev–Trinajstić information content (AvgIpc) is 1.68.